The second-order valence-corrected chi connectivity index (χ2v) is 8.95. The summed E-state index contributed by atoms with van der Waals surface area (Å²) < 4.78 is 46.5. The summed E-state index contributed by atoms with van der Waals surface area (Å²) in [5, 5.41) is -2.44. The first-order chi connectivity index (χ1) is 12.8. The van der Waals surface area contributed by atoms with Crippen LogP contribution in [0.4, 0.5) is 4.39 Å². The first kappa shape index (κ1) is 28.7. The van der Waals surface area contributed by atoms with Crippen molar-refractivity contribution in [2.75, 3.05) is 6.54 Å². The zero-order chi connectivity index (χ0) is 21.0. The summed E-state index contributed by atoms with van der Waals surface area (Å²) in [4.78, 5) is 0. The Balaban J connectivity index is 0. The fraction of sp³-hybridized carbons (Fsp3) is 0.905. The van der Waals surface area contributed by atoms with Crippen molar-refractivity contribution in [3.8, 4) is 0 Å². The molecule has 0 aliphatic carbocycles. The Morgan fingerprint density at radius 1 is 0.852 bits per heavy atom. The van der Waals surface area contributed by atoms with Crippen molar-refractivity contribution >= 4 is 10.1 Å². The first-order valence-electron chi connectivity index (χ1n) is 10.8. The molecule has 0 aliphatic rings. The molecule has 0 bridgehead atoms. The second kappa shape index (κ2) is 18.9. The highest BCUT2D eigenvalue weighted by Crippen LogP contribution is 2.32. The highest BCUT2D eigenvalue weighted by Gasteiger charge is 2.41. The SMILES string of the molecule is C=CCN.CCCCCCCCCCCC(F)(CCCCCC)S(=O)(=O)O. The monoisotopic (exact) mass is 409 g/mol. The quantitative estimate of drug-likeness (QED) is 0.162. The van der Waals surface area contributed by atoms with Crippen molar-refractivity contribution in [2.24, 2.45) is 5.73 Å². The van der Waals surface area contributed by atoms with E-state index in [4.69, 9.17) is 5.73 Å². The lowest BCUT2D eigenvalue weighted by atomic mass is 10.0. The topological polar surface area (TPSA) is 80.4 Å². The Labute approximate surface area is 167 Å². The van der Waals surface area contributed by atoms with Crippen molar-refractivity contribution in [3.63, 3.8) is 0 Å². The Bertz CT molecular complexity index is 429. The molecule has 6 heteroatoms. The van der Waals surface area contributed by atoms with Gasteiger partial charge in [0.15, 0.2) is 0 Å². The molecule has 0 saturated heterocycles. The molecule has 0 rings (SSSR count). The van der Waals surface area contributed by atoms with E-state index in [1.54, 1.807) is 6.08 Å². The lowest BCUT2D eigenvalue weighted by Crippen LogP contribution is -2.33. The number of hydrogen-bond donors (Lipinski definition) is 2. The molecular formula is C21H44FNO3S. The Morgan fingerprint density at radius 2 is 1.15 bits per heavy atom. The van der Waals surface area contributed by atoms with Crippen LogP contribution in [0.5, 0.6) is 0 Å². The Morgan fingerprint density at radius 3 is 1.44 bits per heavy atom. The zero-order valence-corrected chi connectivity index (χ0v) is 18.5. The molecule has 3 N–H and O–H groups in total. The van der Waals surface area contributed by atoms with Gasteiger partial charge in [0.2, 0.25) is 5.00 Å². The second-order valence-electron chi connectivity index (χ2n) is 7.27. The van der Waals surface area contributed by atoms with Crippen molar-refractivity contribution in [1.29, 1.82) is 0 Å². The van der Waals surface area contributed by atoms with Crippen molar-refractivity contribution in [3.05, 3.63) is 12.7 Å². The zero-order valence-electron chi connectivity index (χ0n) is 17.7. The average molecular weight is 410 g/mol. The lowest BCUT2D eigenvalue weighted by Gasteiger charge is -2.22. The summed E-state index contributed by atoms with van der Waals surface area (Å²) in [6.07, 6.45) is 14.6. The normalized spacial score (nSPS) is 13.5. The van der Waals surface area contributed by atoms with Crippen molar-refractivity contribution in [1.82, 2.24) is 0 Å². The summed E-state index contributed by atoms with van der Waals surface area (Å²) in [7, 11) is -4.63. The Hall–Kier alpha value is -0.460. The number of unbranched alkanes of at least 4 members (excludes halogenated alkanes) is 11. The van der Waals surface area contributed by atoms with Gasteiger partial charge in [0.1, 0.15) is 0 Å². The van der Waals surface area contributed by atoms with E-state index in [-0.39, 0.29) is 12.8 Å². The summed E-state index contributed by atoms with van der Waals surface area (Å²) in [6, 6.07) is 0. The fourth-order valence-corrected chi connectivity index (χ4v) is 3.70. The molecule has 1 unspecified atom stereocenters. The van der Waals surface area contributed by atoms with Gasteiger partial charge in [-0.15, -0.1) is 6.58 Å². The van der Waals surface area contributed by atoms with Crippen LogP contribution in [0.3, 0.4) is 0 Å². The van der Waals surface area contributed by atoms with Crippen molar-refractivity contribution < 1.29 is 17.4 Å². The van der Waals surface area contributed by atoms with E-state index in [0.29, 0.717) is 19.4 Å². The van der Waals surface area contributed by atoms with Crippen LogP contribution in [-0.4, -0.2) is 24.5 Å². The maximum atomic E-state index is 14.6. The molecule has 0 amide bonds. The van der Waals surface area contributed by atoms with E-state index in [0.717, 1.165) is 38.5 Å². The number of nitrogens with two attached hydrogens (primary N) is 1. The maximum Gasteiger partial charge on any atom is 0.300 e. The predicted molar refractivity (Wildman–Crippen MR) is 115 cm³/mol. The number of halogens is 1. The maximum absolute atomic E-state index is 14.6. The third-order valence-corrected chi connectivity index (χ3v) is 6.02. The molecule has 0 aromatic rings. The molecule has 0 saturated carbocycles. The molecule has 0 fully saturated rings. The smallest absolute Gasteiger partial charge is 0.300 e. The molecule has 0 aromatic heterocycles. The van der Waals surface area contributed by atoms with Gasteiger partial charge in [-0.1, -0.05) is 90.6 Å². The highest BCUT2D eigenvalue weighted by molar-refractivity contribution is 7.87. The summed E-state index contributed by atoms with van der Waals surface area (Å²) in [6.45, 7) is 8.18. The van der Waals surface area contributed by atoms with E-state index in [1.165, 1.54) is 32.1 Å². The standard InChI is InChI=1S/C18H37FO3S.C3H7N/c1-3-5-7-9-10-11-12-13-15-17-18(19,23(20,21)22)16-14-8-6-4-2;1-2-3-4/h3-17H2,1-2H3,(H,20,21,22);2H,1,3-4H2. The van der Waals surface area contributed by atoms with E-state index in [2.05, 4.69) is 13.5 Å². The van der Waals surface area contributed by atoms with Crippen LogP contribution in [0.1, 0.15) is 110 Å². The van der Waals surface area contributed by atoms with E-state index >= 15 is 0 Å². The molecule has 0 aromatic carbocycles. The van der Waals surface area contributed by atoms with Crippen LogP contribution in [0, 0.1) is 0 Å². The number of alkyl halides is 1. The number of rotatable bonds is 17. The summed E-state index contributed by atoms with van der Waals surface area (Å²) >= 11 is 0. The molecule has 164 valence electrons. The molecule has 27 heavy (non-hydrogen) atoms. The summed E-state index contributed by atoms with van der Waals surface area (Å²) in [5.41, 5.74) is 4.91. The number of hydrogen-bond acceptors (Lipinski definition) is 3. The van der Waals surface area contributed by atoms with Gasteiger partial charge in [-0.05, 0) is 25.7 Å². The van der Waals surface area contributed by atoms with E-state index < -0.39 is 15.1 Å². The van der Waals surface area contributed by atoms with E-state index in [9.17, 15) is 17.4 Å². The molecule has 0 radical (unpaired) electrons. The van der Waals surface area contributed by atoms with E-state index in [1.807, 2.05) is 6.92 Å². The van der Waals surface area contributed by atoms with Crippen LogP contribution in [0.2, 0.25) is 0 Å². The minimum atomic E-state index is -4.63. The van der Waals surface area contributed by atoms with Gasteiger partial charge >= 0.3 is 0 Å². The molecule has 0 aliphatic heterocycles. The van der Waals surface area contributed by atoms with Gasteiger partial charge in [0.25, 0.3) is 10.1 Å². The van der Waals surface area contributed by atoms with Crippen LogP contribution in [-0.2, 0) is 10.1 Å². The van der Waals surface area contributed by atoms with Gasteiger partial charge in [-0.25, -0.2) is 4.39 Å². The first-order valence-corrected chi connectivity index (χ1v) is 12.2. The third kappa shape index (κ3) is 17.4. The molecule has 0 spiro atoms. The van der Waals surface area contributed by atoms with Crippen LogP contribution < -0.4 is 5.73 Å². The lowest BCUT2D eigenvalue weighted by molar-refractivity contribution is 0.203. The minimum absolute atomic E-state index is 0.0756. The molecule has 1 atom stereocenters. The van der Waals surface area contributed by atoms with Crippen LogP contribution >= 0.6 is 0 Å². The Kier molecular flexibility index (Phi) is 20.1. The van der Waals surface area contributed by atoms with Gasteiger partial charge in [-0.3, -0.25) is 4.55 Å². The molecule has 4 nitrogen and oxygen atoms in total. The highest BCUT2D eigenvalue weighted by atomic mass is 32.2. The van der Waals surface area contributed by atoms with Gasteiger partial charge in [0.05, 0.1) is 0 Å². The summed E-state index contributed by atoms with van der Waals surface area (Å²) in [5.74, 6) is 0. The molecule has 0 heterocycles. The van der Waals surface area contributed by atoms with Gasteiger partial charge in [0, 0.05) is 6.54 Å². The van der Waals surface area contributed by atoms with Crippen molar-refractivity contribution in [2.45, 2.75) is 115 Å². The molecular weight excluding hydrogens is 365 g/mol. The van der Waals surface area contributed by atoms with Gasteiger partial charge in [-0.2, -0.15) is 8.42 Å². The van der Waals surface area contributed by atoms with Crippen LogP contribution in [0.25, 0.3) is 0 Å². The predicted octanol–water partition coefficient (Wildman–Crippen LogP) is 6.56. The van der Waals surface area contributed by atoms with Crippen LogP contribution in [0.15, 0.2) is 12.7 Å². The third-order valence-electron chi connectivity index (χ3n) is 4.69. The fourth-order valence-electron chi connectivity index (χ4n) is 2.90. The average Bonchev–Trinajstić information content (AvgIpc) is 2.63. The minimum Gasteiger partial charge on any atom is -0.327 e. The van der Waals surface area contributed by atoms with Gasteiger partial charge < -0.3 is 5.73 Å². The largest absolute Gasteiger partial charge is 0.327 e.